The van der Waals surface area contributed by atoms with Gasteiger partial charge in [0.1, 0.15) is 0 Å². The molecule has 7 heteroatoms. The molecule has 0 amide bonds. The second-order valence-corrected chi connectivity index (χ2v) is 9.31. The van der Waals surface area contributed by atoms with E-state index in [1.54, 1.807) is 0 Å². The lowest BCUT2D eigenvalue weighted by molar-refractivity contribution is 0.0177. The summed E-state index contributed by atoms with van der Waals surface area (Å²) in [7, 11) is 1.86. The van der Waals surface area contributed by atoms with Crippen molar-refractivity contribution < 1.29 is 4.74 Å². The number of thioether (sulfide) groups is 1. The molecular weight excluding hydrogens is 352 g/mol. The molecule has 5 nitrogen and oxygen atoms in total. The number of thiophene rings is 1. The molecule has 1 aromatic rings. The van der Waals surface area contributed by atoms with Gasteiger partial charge in [-0.15, -0.1) is 11.3 Å². The van der Waals surface area contributed by atoms with Gasteiger partial charge >= 0.3 is 0 Å². The molecule has 2 N–H and O–H groups in total. The van der Waals surface area contributed by atoms with Crippen LogP contribution in [0.25, 0.3) is 0 Å². The molecule has 3 rings (SSSR count). The molecule has 2 aliphatic heterocycles. The average Bonchev–Trinajstić information content (AvgIpc) is 3.30. The first-order chi connectivity index (χ1) is 12.3. The van der Waals surface area contributed by atoms with Crippen molar-refractivity contribution in [1.29, 1.82) is 0 Å². The van der Waals surface area contributed by atoms with Crippen LogP contribution in [0.15, 0.2) is 17.1 Å². The van der Waals surface area contributed by atoms with E-state index in [4.69, 9.17) is 4.74 Å². The molecule has 1 aromatic heterocycles. The standard InChI is InChI=1S/C18H30N4OS2/c1-14-5-6-17(25-14)16(22-7-9-23-10-8-22)13-21-18(19-2)20-12-15-4-3-11-24-15/h5-6,15-16H,3-4,7-13H2,1-2H3,(H2,19,20,21). The fraction of sp³-hybridized carbons (Fsp3) is 0.722. The average molecular weight is 383 g/mol. The molecule has 140 valence electrons. The third kappa shape index (κ3) is 5.61. The van der Waals surface area contributed by atoms with Gasteiger partial charge in [0, 0.05) is 48.2 Å². The number of nitrogens with zero attached hydrogens (tertiary/aromatic N) is 2. The largest absolute Gasteiger partial charge is 0.379 e. The normalized spacial score (nSPS) is 23.6. The first-order valence-corrected chi connectivity index (χ1v) is 11.1. The van der Waals surface area contributed by atoms with Crippen LogP contribution in [-0.2, 0) is 4.74 Å². The number of rotatable bonds is 6. The van der Waals surface area contributed by atoms with E-state index in [0.29, 0.717) is 6.04 Å². The number of hydrogen-bond donors (Lipinski definition) is 2. The number of aliphatic imine (C=N–C) groups is 1. The van der Waals surface area contributed by atoms with E-state index in [2.05, 4.69) is 51.3 Å². The van der Waals surface area contributed by atoms with Gasteiger partial charge in [-0.25, -0.2) is 0 Å². The first-order valence-electron chi connectivity index (χ1n) is 9.20. The Morgan fingerprint density at radius 3 is 2.84 bits per heavy atom. The Balaban J connectivity index is 1.56. The van der Waals surface area contributed by atoms with Crippen molar-refractivity contribution in [3.8, 4) is 0 Å². The zero-order chi connectivity index (χ0) is 17.5. The fourth-order valence-corrected chi connectivity index (χ4v) is 5.57. The molecule has 2 aliphatic rings. The highest BCUT2D eigenvalue weighted by Crippen LogP contribution is 2.28. The highest BCUT2D eigenvalue weighted by atomic mass is 32.2. The fourth-order valence-electron chi connectivity index (χ4n) is 3.36. The number of nitrogens with one attached hydrogen (secondary N) is 2. The predicted molar refractivity (Wildman–Crippen MR) is 109 cm³/mol. The molecule has 0 bridgehead atoms. The Bertz CT molecular complexity index is 551. The summed E-state index contributed by atoms with van der Waals surface area (Å²) < 4.78 is 5.54. The van der Waals surface area contributed by atoms with Gasteiger partial charge in [-0.3, -0.25) is 9.89 Å². The summed E-state index contributed by atoms with van der Waals surface area (Å²) in [6.45, 7) is 7.70. The lowest BCUT2D eigenvalue weighted by Crippen LogP contribution is -2.46. The van der Waals surface area contributed by atoms with Gasteiger partial charge in [0.25, 0.3) is 0 Å². The van der Waals surface area contributed by atoms with Crippen LogP contribution in [-0.4, -0.2) is 68.3 Å². The zero-order valence-electron chi connectivity index (χ0n) is 15.3. The molecule has 3 heterocycles. The van der Waals surface area contributed by atoms with Crippen LogP contribution in [0.2, 0.25) is 0 Å². The lowest BCUT2D eigenvalue weighted by atomic mass is 10.2. The summed E-state index contributed by atoms with van der Waals surface area (Å²) in [6, 6.07) is 4.87. The van der Waals surface area contributed by atoms with Crippen molar-refractivity contribution in [3.63, 3.8) is 0 Å². The molecule has 0 aromatic carbocycles. The van der Waals surface area contributed by atoms with E-state index in [0.717, 1.165) is 50.6 Å². The third-order valence-electron chi connectivity index (χ3n) is 4.78. The van der Waals surface area contributed by atoms with Gasteiger partial charge in [-0.05, 0) is 37.7 Å². The number of guanidine groups is 1. The van der Waals surface area contributed by atoms with Crippen LogP contribution >= 0.6 is 23.1 Å². The first kappa shape index (κ1) is 19.0. The predicted octanol–water partition coefficient (Wildman–Crippen LogP) is 2.49. The van der Waals surface area contributed by atoms with E-state index in [1.807, 2.05) is 18.4 Å². The molecule has 2 atom stereocenters. The van der Waals surface area contributed by atoms with Crippen LogP contribution < -0.4 is 10.6 Å². The highest BCUT2D eigenvalue weighted by Gasteiger charge is 2.24. The van der Waals surface area contributed by atoms with Crippen molar-refractivity contribution in [1.82, 2.24) is 15.5 Å². The number of ether oxygens (including phenoxy) is 1. The van der Waals surface area contributed by atoms with E-state index in [-0.39, 0.29) is 0 Å². The SMILES string of the molecule is CN=C(NCC1CCCS1)NCC(c1ccc(C)s1)N1CCOCC1. The van der Waals surface area contributed by atoms with Crippen LogP contribution in [0.5, 0.6) is 0 Å². The summed E-state index contributed by atoms with van der Waals surface area (Å²) >= 11 is 3.97. The minimum Gasteiger partial charge on any atom is -0.379 e. The van der Waals surface area contributed by atoms with Gasteiger partial charge in [-0.1, -0.05) is 0 Å². The van der Waals surface area contributed by atoms with Gasteiger partial charge in [0.2, 0.25) is 0 Å². The Morgan fingerprint density at radius 2 is 2.20 bits per heavy atom. The van der Waals surface area contributed by atoms with Crippen LogP contribution in [0.4, 0.5) is 0 Å². The van der Waals surface area contributed by atoms with E-state index >= 15 is 0 Å². The number of aryl methyl sites for hydroxylation is 1. The van der Waals surface area contributed by atoms with Gasteiger partial charge in [0.15, 0.2) is 5.96 Å². The Hall–Kier alpha value is -0.760. The smallest absolute Gasteiger partial charge is 0.191 e. The molecule has 2 unspecified atom stereocenters. The van der Waals surface area contributed by atoms with Crippen molar-refractivity contribution in [2.45, 2.75) is 31.1 Å². The maximum absolute atomic E-state index is 5.54. The molecule has 0 spiro atoms. The molecule has 2 fully saturated rings. The van der Waals surface area contributed by atoms with Crippen molar-refractivity contribution in [2.75, 3.05) is 52.2 Å². The van der Waals surface area contributed by atoms with Gasteiger partial charge < -0.3 is 15.4 Å². The molecular formula is C18H30N4OS2. The van der Waals surface area contributed by atoms with E-state index in [9.17, 15) is 0 Å². The Labute approximate surface area is 159 Å². The monoisotopic (exact) mass is 382 g/mol. The van der Waals surface area contributed by atoms with Crippen LogP contribution in [0, 0.1) is 6.92 Å². The summed E-state index contributed by atoms with van der Waals surface area (Å²) in [4.78, 5) is 9.73. The topological polar surface area (TPSA) is 48.9 Å². The van der Waals surface area contributed by atoms with Crippen molar-refractivity contribution >= 4 is 29.1 Å². The van der Waals surface area contributed by atoms with Crippen LogP contribution in [0.3, 0.4) is 0 Å². The summed E-state index contributed by atoms with van der Waals surface area (Å²) in [5, 5.41) is 7.79. The molecule has 2 saturated heterocycles. The Morgan fingerprint density at radius 1 is 1.36 bits per heavy atom. The molecule has 0 saturated carbocycles. The maximum atomic E-state index is 5.54. The zero-order valence-corrected chi connectivity index (χ0v) is 16.9. The second kappa shape index (κ2) is 9.80. The van der Waals surface area contributed by atoms with E-state index in [1.165, 1.54) is 28.3 Å². The summed E-state index contributed by atoms with van der Waals surface area (Å²) in [5.74, 6) is 2.22. The second-order valence-electron chi connectivity index (χ2n) is 6.58. The van der Waals surface area contributed by atoms with E-state index < -0.39 is 0 Å². The number of hydrogen-bond acceptors (Lipinski definition) is 5. The molecule has 25 heavy (non-hydrogen) atoms. The van der Waals surface area contributed by atoms with Gasteiger partial charge in [-0.2, -0.15) is 11.8 Å². The van der Waals surface area contributed by atoms with Crippen molar-refractivity contribution in [3.05, 3.63) is 21.9 Å². The van der Waals surface area contributed by atoms with Gasteiger partial charge in [0.05, 0.1) is 19.3 Å². The summed E-state index contributed by atoms with van der Waals surface area (Å²) in [5.41, 5.74) is 0. The quantitative estimate of drug-likeness (QED) is 0.585. The minimum absolute atomic E-state index is 0.377. The maximum Gasteiger partial charge on any atom is 0.191 e. The minimum atomic E-state index is 0.377. The molecule has 0 radical (unpaired) electrons. The highest BCUT2D eigenvalue weighted by molar-refractivity contribution is 8.00. The number of morpholine rings is 1. The lowest BCUT2D eigenvalue weighted by Gasteiger charge is -2.34. The van der Waals surface area contributed by atoms with Crippen LogP contribution in [0.1, 0.15) is 28.6 Å². The Kier molecular flexibility index (Phi) is 7.46. The summed E-state index contributed by atoms with van der Waals surface area (Å²) in [6.07, 6.45) is 2.67. The molecule has 0 aliphatic carbocycles. The third-order valence-corrected chi connectivity index (χ3v) is 7.28. The van der Waals surface area contributed by atoms with Crippen molar-refractivity contribution in [2.24, 2.45) is 4.99 Å².